The molecule has 5 nitrogen and oxygen atoms in total. The van der Waals surface area contributed by atoms with Gasteiger partial charge in [-0.3, -0.25) is 4.90 Å². The minimum absolute atomic E-state index is 0.362. The van der Waals surface area contributed by atoms with Gasteiger partial charge in [-0.15, -0.1) is 6.42 Å². The van der Waals surface area contributed by atoms with Crippen molar-refractivity contribution in [3.63, 3.8) is 0 Å². The second kappa shape index (κ2) is 12.5. The van der Waals surface area contributed by atoms with Crippen molar-refractivity contribution in [2.75, 3.05) is 19.8 Å². The van der Waals surface area contributed by atoms with Crippen LogP contribution in [0.1, 0.15) is 38.8 Å². The molecule has 0 atom stereocenters. The zero-order valence-corrected chi connectivity index (χ0v) is 14.6. The van der Waals surface area contributed by atoms with Gasteiger partial charge in [0, 0.05) is 13.1 Å². The molecule has 5 heteroatoms. The molecule has 0 saturated heterocycles. The Morgan fingerprint density at radius 2 is 2.04 bits per heavy atom. The van der Waals surface area contributed by atoms with Crippen molar-refractivity contribution < 1.29 is 14.6 Å². The molecule has 0 saturated carbocycles. The topological polar surface area (TPSA) is 61.8 Å². The van der Waals surface area contributed by atoms with Crippen LogP contribution in [0.15, 0.2) is 18.2 Å². The summed E-state index contributed by atoms with van der Waals surface area (Å²) in [6.45, 7) is 8.97. The number of carbonyl (C=O) groups excluding carboxylic acids is 1. The van der Waals surface area contributed by atoms with Crippen LogP contribution in [0.4, 0.5) is 4.79 Å². The maximum absolute atomic E-state index is 11.8. The number of amides is 1. The van der Waals surface area contributed by atoms with Gasteiger partial charge in [-0.25, -0.2) is 4.79 Å². The van der Waals surface area contributed by atoms with E-state index in [2.05, 4.69) is 18.2 Å². The van der Waals surface area contributed by atoms with Crippen LogP contribution < -0.4 is 10.1 Å². The number of aryl methyl sites for hydroxylation is 1. The van der Waals surface area contributed by atoms with E-state index >= 15 is 0 Å². The number of nitrogens with zero attached hydrogens (tertiary/aromatic N) is 1. The molecule has 0 aromatic heterocycles. The Morgan fingerprint density at radius 1 is 1.35 bits per heavy atom. The number of hydrogen-bond acceptors (Lipinski definition) is 4. The lowest BCUT2D eigenvalue weighted by Crippen LogP contribution is -2.34. The van der Waals surface area contributed by atoms with Crippen molar-refractivity contribution in [2.24, 2.45) is 0 Å². The van der Waals surface area contributed by atoms with Crippen LogP contribution in [0.3, 0.4) is 0 Å². The first kappa shape index (κ1) is 21.0. The maximum Gasteiger partial charge on any atom is 0.417 e. The largest absolute Gasteiger partial charge is 0.417 e. The van der Waals surface area contributed by atoms with Crippen molar-refractivity contribution in [1.29, 1.82) is 0 Å². The van der Waals surface area contributed by atoms with Gasteiger partial charge in [0.25, 0.3) is 0 Å². The maximum atomic E-state index is 11.8. The van der Waals surface area contributed by atoms with E-state index in [1.54, 1.807) is 13.0 Å². The van der Waals surface area contributed by atoms with Crippen LogP contribution in [0, 0.1) is 12.3 Å². The van der Waals surface area contributed by atoms with Crippen LogP contribution in [0.5, 0.6) is 5.75 Å². The van der Waals surface area contributed by atoms with Gasteiger partial charge < -0.3 is 15.2 Å². The molecule has 1 aromatic carbocycles. The minimum Gasteiger partial charge on any atom is -0.410 e. The number of terminal acetylenes is 1. The first-order chi connectivity index (χ1) is 11.2. The number of rotatable bonds is 7. The number of nitrogens with one attached hydrogen (secondary N) is 1. The molecule has 1 aromatic rings. The predicted octanol–water partition coefficient (Wildman–Crippen LogP) is 2.77. The third-order valence-corrected chi connectivity index (χ3v) is 3.12. The summed E-state index contributed by atoms with van der Waals surface area (Å²) >= 11 is 0. The lowest BCUT2D eigenvalue weighted by Gasteiger charge is -2.18. The Kier molecular flexibility index (Phi) is 11.4. The van der Waals surface area contributed by atoms with Gasteiger partial charge in [0.15, 0.2) is 0 Å². The molecule has 23 heavy (non-hydrogen) atoms. The van der Waals surface area contributed by atoms with Crippen LogP contribution in [-0.4, -0.2) is 35.9 Å². The van der Waals surface area contributed by atoms with Crippen LogP contribution in [0.2, 0.25) is 0 Å². The average Bonchev–Trinajstić information content (AvgIpc) is 2.58. The van der Waals surface area contributed by atoms with Crippen molar-refractivity contribution in [1.82, 2.24) is 10.2 Å². The molecule has 0 aliphatic rings. The number of ether oxygens (including phenoxy) is 1. The van der Waals surface area contributed by atoms with Gasteiger partial charge in [0.2, 0.25) is 0 Å². The summed E-state index contributed by atoms with van der Waals surface area (Å²) in [5, 5.41) is 12.2. The molecule has 1 amide bonds. The predicted molar refractivity (Wildman–Crippen MR) is 93.2 cm³/mol. The Morgan fingerprint density at radius 3 is 2.57 bits per heavy atom. The third kappa shape index (κ3) is 7.18. The van der Waals surface area contributed by atoms with Crippen LogP contribution in [-0.2, 0) is 13.0 Å². The van der Waals surface area contributed by atoms with E-state index in [1.807, 2.05) is 26.0 Å². The second-order valence-corrected chi connectivity index (χ2v) is 4.46. The standard InChI is InChI=1S/C16H22N2O3.C2H6/c1-4-9-17-11-14-10-15(8-7-13(14)5-2)21-16(20)18(6-3)12-19;1-2/h1,7-8,10,17,19H,5-6,9,11-12H2,2-3H3;1-2H3. The molecule has 0 radical (unpaired) electrons. The first-order valence-electron chi connectivity index (χ1n) is 7.99. The van der Waals surface area contributed by atoms with Gasteiger partial charge in [0.1, 0.15) is 12.5 Å². The zero-order valence-electron chi connectivity index (χ0n) is 14.6. The van der Waals surface area contributed by atoms with Crippen LogP contribution >= 0.6 is 0 Å². The van der Waals surface area contributed by atoms with E-state index in [-0.39, 0.29) is 6.73 Å². The molecule has 0 aliphatic heterocycles. The van der Waals surface area contributed by atoms with E-state index in [9.17, 15) is 4.79 Å². The van der Waals surface area contributed by atoms with Crippen molar-refractivity contribution >= 4 is 6.09 Å². The van der Waals surface area contributed by atoms with Crippen molar-refractivity contribution in [3.8, 4) is 18.1 Å². The summed E-state index contributed by atoms with van der Waals surface area (Å²) in [6, 6.07) is 5.52. The first-order valence-corrected chi connectivity index (χ1v) is 7.99. The van der Waals surface area contributed by atoms with Gasteiger partial charge in [0.05, 0.1) is 6.54 Å². The summed E-state index contributed by atoms with van der Waals surface area (Å²) in [4.78, 5) is 13.0. The highest BCUT2D eigenvalue weighted by molar-refractivity contribution is 5.70. The number of aliphatic hydroxyl groups is 1. The van der Waals surface area contributed by atoms with E-state index in [0.717, 1.165) is 12.0 Å². The SMILES string of the molecule is C#CCNCc1cc(OC(=O)N(CC)CO)ccc1CC.CC. The summed E-state index contributed by atoms with van der Waals surface area (Å²) in [6.07, 6.45) is 5.54. The molecule has 0 spiro atoms. The molecule has 0 fully saturated rings. The van der Waals surface area contributed by atoms with Crippen molar-refractivity contribution in [3.05, 3.63) is 29.3 Å². The second-order valence-electron chi connectivity index (χ2n) is 4.46. The molecule has 0 heterocycles. The fourth-order valence-corrected chi connectivity index (χ4v) is 1.90. The lowest BCUT2D eigenvalue weighted by atomic mass is 10.0. The molecule has 0 bridgehead atoms. The number of carbonyl (C=O) groups is 1. The van der Waals surface area contributed by atoms with Crippen LogP contribution in [0.25, 0.3) is 0 Å². The number of aliphatic hydroxyl groups excluding tert-OH is 1. The highest BCUT2D eigenvalue weighted by Gasteiger charge is 2.13. The Bertz CT molecular complexity index is 505. The van der Waals surface area contributed by atoms with Gasteiger partial charge in [-0.2, -0.15) is 0 Å². The van der Waals surface area contributed by atoms with E-state index in [1.165, 1.54) is 10.5 Å². The molecule has 128 valence electrons. The zero-order chi connectivity index (χ0) is 17.7. The Balaban J connectivity index is 0.00000232. The third-order valence-electron chi connectivity index (χ3n) is 3.12. The highest BCUT2D eigenvalue weighted by atomic mass is 16.6. The van der Waals surface area contributed by atoms with Gasteiger partial charge >= 0.3 is 6.09 Å². The van der Waals surface area contributed by atoms with E-state index < -0.39 is 6.09 Å². The molecular formula is C18H28N2O3. The van der Waals surface area contributed by atoms with Gasteiger partial charge in [-0.05, 0) is 36.6 Å². The molecule has 1 rings (SSSR count). The summed E-state index contributed by atoms with van der Waals surface area (Å²) in [7, 11) is 0. The summed E-state index contributed by atoms with van der Waals surface area (Å²) in [5.74, 6) is 2.98. The monoisotopic (exact) mass is 320 g/mol. The highest BCUT2D eigenvalue weighted by Crippen LogP contribution is 2.19. The molecule has 2 N–H and O–H groups in total. The quantitative estimate of drug-likeness (QED) is 0.461. The Hall–Kier alpha value is -2.03. The lowest BCUT2D eigenvalue weighted by molar-refractivity contribution is 0.0973. The molecule has 0 aliphatic carbocycles. The number of benzene rings is 1. The average molecular weight is 320 g/mol. The van der Waals surface area contributed by atoms with Gasteiger partial charge in [-0.1, -0.05) is 32.8 Å². The summed E-state index contributed by atoms with van der Waals surface area (Å²) in [5.41, 5.74) is 2.22. The molecular weight excluding hydrogens is 292 g/mol. The fourth-order valence-electron chi connectivity index (χ4n) is 1.90. The van der Waals surface area contributed by atoms with E-state index in [0.29, 0.717) is 25.4 Å². The van der Waals surface area contributed by atoms with E-state index in [4.69, 9.17) is 16.3 Å². The summed E-state index contributed by atoms with van der Waals surface area (Å²) < 4.78 is 5.26. The van der Waals surface area contributed by atoms with Crippen molar-refractivity contribution in [2.45, 2.75) is 40.7 Å². The normalized spacial score (nSPS) is 9.39. The fraction of sp³-hybridized carbons (Fsp3) is 0.500. The Labute approximate surface area is 139 Å². The smallest absolute Gasteiger partial charge is 0.410 e. The molecule has 0 unspecified atom stereocenters. The number of hydrogen-bond donors (Lipinski definition) is 2. The minimum atomic E-state index is -0.563.